The second-order valence-corrected chi connectivity index (χ2v) is 6.05. The molecule has 3 heteroatoms. The van der Waals surface area contributed by atoms with Gasteiger partial charge in [0.1, 0.15) is 0 Å². The molecule has 0 amide bonds. The number of hydrogen-bond donors (Lipinski definition) is 1. The summed E-state index contributed by atoms with van der Waals surface area (Å²) in [6.07, 6.45) is 2.82. The van der Waals surface area contributed by atoms with Crippen LogP contribution in [0.3, 0.4) is 0 Å². The van der Waals surface area contributed by atoms with Crippen LogP contribution in [0.1, 0.15) is 32.9 Å². The van der Waals surface area contributed by atoms with E-state index in [2.05, 4.69) is 31.1 Å². The van der Waals surface area contributed by atoms with Gasteiger partial charge in [-0.3, -0.25) is 4.98 Å². The molecule has 0 saturated carbocycles. The molecule has 1 heterocycles. The second-order valence-electron chi connectivity index (χ2n) is 5.43. The first-order valence-electron chi connectivity index (χ1n) is 5.67. The molecule has 0 aromatic carbocycles. The molecule has 0 aliphatic rings. The molecule has 0 bridgehead atoms. The van der Waals surface area contributed by atoms with Crippen molar-refractivity contribution in [1.29, 1.82) is 0 Å². The van der Waals surface area contributed by atoms with Crippen LogP contribution < -0.4 is 5.32 Å². The predicted octanol–water partition coefficient (Wildman–Crippen LogP) is 3.85. The van der Waals surface area contributed by atoms with Gasteiger partial charge in [-0.05, 0) is 30.9 Å². The summed E-state index contributed by atoms with van der Waals surface area (Å²) < 4.78 is 0. The Morgan fingerprint density at radius 3 is 2.69 bits per heavy atom. The van der Waals surface area contributed by atoms with E-state index < -0.39 is 0 Å². The molecule has 1 aromatic heterocycles. The molecular formula is C13H21ClN2. The monoisotopic (exact) mass is 240 g/mol. The van der Waals surface area contributed by atoms with Crippen molar-refractivity contribution in [2.24, 2.45) is 5.41 Å². The SMILES string of the molecule is Cc1cc(NCC(Cl)CC(C)(C)C)ccn1. The number of alkyl halides is 1. The molecule has 0 saturated heterocycles. The number of nitrogens with zero attached hydrogens (tertiary/aromatic N) is 1. The van der Waals surface area contributed by atoms with E-state index in [1.807, 2.05) is 25.3 Å². The Morgan fingerprint density at radius 2 is 2.12 bits per heavy atom. The Kier molecular flexibility index (Phi) is 4.60. The van der Waals surface area contributed by atoms with E-state index in [0.29, 0.717) is 0 Å². The van der Waals surface area contributed by atoms with Crippen LogP contribution in [0, 0.1) is 12.3 Å². The lowest BCUT2D eigenvalue weighted by Crippen LogP contribution is -2.20. The van der Waals surface area contributed by atoms with Gasteiger partial charge in [0.2, 0.25) is 0 Å². The van der Waals surface area contributed by atoms with Crippen molar-refractivity contribution in [3.63, 3.8) is 0 Å². The number of aryl methyl sites for hydroxylation is 1. The van der Waals surface area contributed by atoms with Gasteiger partial charge < -0.3 is 5.32 Å². The highest BCUT2D eigenvalue weighted by Gasteiger charge is 2.16. The third kappa shape index (κ3) is 5.36. The van der Waals surface area contributed by atoms with E-state index in [0.717, 1.165) is 24.3 Å². The maximum absolute atomic E-state index is 6.28. The zero-order valence-electron chi connectivity index (χ0n) is 10.5. The molecule has 0 aliphatic carbocycles. The average molecular weight is 241 g/mol. The van der Waals surface area contributed by atoms with Gasteiger partial charge in [0.15, 0.2) is 0 Å². The third-order valence-corrected chi connectivity index (χ3v) is 2.57. The minimum Gasteiger partial charge on any atom is -0.383 e. The first-order valence-corrected chi connectivity index (χ1v) is 6.11. The Balaban J connectivity index is 2.40. The molecule has 1 N–H and O–H groups in total. The topological polar surface area (TPSA) is 24.9 Å². The van der Waals surface area contributed by atoms with Gasteiger partial charge in [-0.25, -0.2) is 0 Å². The molecule has 90 valence electrons. The lowest BCUT2D eigenvalue weighted by molar-refractivity contribution is 0.373. The molecule has 0 fully saturated rings. The van der Waals surface area contributed by atoms with Crippen molar-refractivity contribution in [1.82, 2.24) is 4.98 Å². The number of hydrogen-bond acceptors (Lipinski definition) is 2. The molecule has 1 atom stereocenters. The average Bonchev–Trinajstić information content (AvgIpc) is 2.12. The number of nitrogens with one attached hydrogen (secondary N) is 1. The standard InChI is InChI=1S/C13H21ClN2/c1-10-7-12(5-6-15-10)16-9-11(14)8-13(2,3)4/h5-7,11H,8-9H2,1-4H3,(H,15,16). The molecule has 1 unspecified atom stereocenters. The molecular weight excluding hydrogens is 220 g/mol. The fourth-order valence-electron chi connectivity index (χ4n) is 1.62. The van der Waals surface area contributed by atoms with E-state index in [-0.39, 0.29) is 10.8 Å². The Hall–Kier alpha value is -0.760. The maximum Gasteiger partial charge on any atom is 0.0513 e. The number of anilines is 1. The number of halogens is 1. The van der Waals surface area contributed by atoms with Gasteiger partial charge in [0.05, 0.1) is 5.38 Å². The summed E-state index contributed by atoms with van der Waals surface area (Å²) in [6.45, 7) is 9.40. The van der Waals surface area contributed by atoms with Crippen LogP contribution in [0.25, 0.3) is 0 Å². The molecule has 0 radical (unpaired) electrons. The molecule has 1 rings (SSSR count). The van der Waals surface area contributed by atoms with Gasteiger partial charge >= 0.3 is 0 Å². The summed E-state index contributed by atoms with van der Waals surface area (Å²) in [4.78, 5) is 4.15. The van der Waals surface area contributed by atoms with Gasteiger partial charge in [0, 0.05) is 24.1 Å². The van der Waals surface area contributed by atoms with Crippen LogP contribution in [0.4, 0.5) is 5.69 Å². The van der Waals surface area contributed by atoms with Crippen molar-refractivity contribution in [2.45, 2.75) is 39.5 Å². The predicted molar refractivity (Wildman–Crippen MR) is 71.2 cm³/mol. The molecule has 0 aliphatic heterocycles. The van der Waals surface area contributed by atoms with Gasteiger partial charge in [-0.15, -0.1) is 11.6 Å². The fourth-order valence-corrected chi connectivity index (χ4v) is 2.16. The van der Waals surface area contributed by atoms with Crippen LogP contribution in [0.2, 0.25) is 0 Å². The highest BCUT2D eigenvalue weighted by atomic mass is 35.5. The van der Waals surface area contributed by atoms with Crippen molar-refractivity contribution in [3.05, 3.63) is 24.0 Å². The van der Waals surface area contributed by atoms with Crippen molar-refractivity contribution < 1.29 is 0 Å². The van der Waals surface area contributed by atoms with Gasteiger partial charge in [-0.1, -0.05) is 20.8 Å². The van der Waals surface area contributed by atoms with Crippen molar-refractivity contribution in [2.75, 3.05) is 11.9 Å². The van der Waals surface area contributed by atoms with Crippen molar-refractivity contribution in [3.8, 4) is 0 Å². The quantitative estimate of drug-likeness (QED) is 0.809. The van der Waals surface area contributed by atoms with Crippen LogP contribution in [-0.4, -0.2) is 16.9 Å². The summed E-state index contributed by atoms with van der Waals surface area (Å²) in [5, 5.41) is 3.50. The highest BCUT2D eigenvalue weighted by Crippen LogP contribution is 2.23. The number of rotatable bonds is 4. The summed E-state index contributed by atoms with van der Waals surface area (Å²) in [5.74, 6) is 0. The summed E-state index contributed by atoms with van der Waals surface area (Å²) >= 11 is 6.28. The first kappa shape index (κ1) is 13.3. The van der Waals surface area contributed by atoms with E-state index in [1.54, 1.807) is 0 Å². The van der Waals surface area contributed by atoms with Crippen LogP contribution >= 0.6 is 11.6 Å². The van der Waals surface area contributed by atoms with Crippen molar-refractivity contribution >= 4 is 17.3 Å². The Morgan fingerprint density at radius 1 is 1.44 bits per heavy atom. The highest BCUT2D eigenvalue weighted by molar-refractivity contribution is 6.20. The zero-order chi connectivity index (χ0) is 12.2. The normalized spacial score (nSPS) is 13.6. The summed E-state index contributed by atoms with van der Waals surface area (Å²) in [7, 11) is 0. The summed E-state index contributed by atoms with van der Waals surface area (Å²) in [5.41, 5.74) is 2.39. The smallest absolute Gasteiger partial charge is 0.0513 e. The van der Waals surface area contributed by atoms with Crippen LogP contribution in [0.5, 0.6) is 0 Å². The lowest BCUT2D eigenvalue weighted by atomic mass is 9.90. The lowest BCUT2D eigenvalue weighted by Gasteiger charge is -2.22. The first-order chi connectivity index (χ1) is 7.37. The number of aromatic nitrogens is 1. The minimum absolute atomic E-state index is 0.161. The number of pyridine rings is 1. The van der Waals surface area contributed by atoms with Crippen LogP contribution in [-0.2, 0) is 0 Å². The van der Waals surface area contributed by atoms with Crippen LogP contribution in [0.15, 0.2) is 18.3 Å². The third-order valence-electron chi connectivity index (χ3n) is 2.26. The Labute approximate surface area is 103 Å². The molecule has 2 nitrogen and oxygen atoms in total. The van der Waals surface area contributed by atoms with Gasteiger partial charge in [-0.2, -0.15) is 0 Å². The van der Waals surface area contributed by atoms with E-state index in [9.17, 15) is 0 Å². The van der Waals surface area contributed by atoms with Gasteiger partial charge in [0.25, 0.3) is 0 Å². The second kappa shape index (κ2) is 5.53. The molecule has 16 heavy (non-hydrogen) atoms. The molecule has 1 aromatic rings. The maximum atomic E-state index is 6.28. The van der Waals surface area contributed by atoms with E-state index in [1.165, 1.54) is 0 Å². The van der Waals surface area contributed by atoms with E-state index in [4.69, 9.17) is 11.6 Å². The largest absolute Gasteiger partial charge is 0.383 e. The van der Waals surface area contributed by atoms with E-state index >= 15 is 0 Å². The summed E-state index contributed by atoms with van der Waals surface area (Å²) in [6, 6.07) is 3.99. The zero-order valence-corrected chi connectivity index (χ0v) is 11.3. The Bertz CT molecular complexity index is 331. The fraction of sp³-hybridized carbons (Fsp3) is 0.615. The molecule has 0 spiro atoms. The minimum atomic E-state index is 0.161.